The van der Waals surface area contributed by atoms with Gasteiger partial charge in [-0.25, -0.2) is 10.1 Å². The summed E-state index contributed by atoms with van der Waals surface area (Å²) in [5.41, 5.74) is 6.09. The van der Waals surface area contributed by atoms with Gasteiger partial charge in [-0.15, -0.1) is 11.3 Å². The second-order valence-corrected chi connectivity index (χ2v) is 7.46. The quantitative estimate of drug-likeness (QED) is 0.361. The molecule has 7 heteroatoms. The highest BCUT2D eigenvalue weighted by Crippen LogP contribution is 2.26. The van der Waals surface area contributed by atoms with Crippen LogP contribution in [0.5, 0.6) is 5.75 Å². The first-order valence-corrected chi connectivity index (χ1v) is 10.2. The van der Waals surface area contributed by atoms with Gasteiger partial charge in [0.15, 0.2) is 0 Å². The number of nitrogens with zero attached hydrogens (tertiary/aromatic N) is 3. The lowest BCUT2D eigenvalue weighted by Gasteiger charge is -2.02. The molecule has 30 heavy (non-hydrogen) atoms. The summed E-state index contributed by atoms with van der Waals surface area (Å²) in [4.78, 5) is 13.3. The number of carbonyl (C=O) groups is 1. The lowest BCUT2D eigenvalue weighted by atomic mass is 10.1. The van der Waals surface area contributed by atoms with E-state index in [1.165, 1.54) is 0 Å². The number of thiophene rings is 1. The van der Waals surface area contributed by atoms with Crippen molar-refractivity contribution in [3.8, 4) is 22.0 Å². The van der Waals surface area contributed by atoms with Gasteiger partial charge in [-0.1, -0.05) is 36.4 Å². The van der Waals surface area contributed by atoms with Crippen LogP contribution in [0, 0.1) is 0 Å². The molecular formula is C23H20N4O2S. The van der Waals surface area contributed by atoms with Gasteiger partial charge in [0.05, 0.1) is 30.3 Å². The van der Waals surface area contributed by atoms with Gasteiger partial charge in [-0.05, 0) is 41.3 Å². The number of nitrogens with one attached hydrogen (secondary N) is 1. The predicted octanol–water partition coefficient (Wildman–Crippen LogP) is 4.30. The molecule has 0 radical (unpaired) electrons. The van der Waals surface area contributed by atoms with Gasteiger partial charge in [0.2, 0.25) is 5.91 Å². The zero-order chi connectivity index (χ0) is 20.8. The fourth-order valence-electron chi connectivity index (χ4n) is 2.94. The molecule has 0 saturated carbocycles. The molecule has 0 atom stereocenters. The first-order chi connectivity index (χ1) is 14.7. The summed E-state index contributed by atoms with van der Waals surface area (Å²) in [6, 6.07) is 21.3. The van der Waals surface area contributed by atoms with Crippen LogP contribution in [-0.4, -0.2) is 29.0 Å². The van der Waals surface area contributed by atoms with Crippen molar-refractivity contribution in [1.29, 1.82) is 0 Å². The Morgan fingerprint density at radius 2 is 1.93 bits per heavy atom. The van der Waals surface area contributed by atoms with E-state index < -0.39 is 0 Å². The zero-order valence-electron chi connectivity index (χ0n) is 16.4. The molecule has 4 rings (SSSR count). The van der Waals surface area contributed by atoms with E-state index in [0.717, 1.165) is 33.1 Å². The normalized spacial score (nSPS) is 11.0. The van der Waals surface area contributed by atoms with Gasteiger partial charge in [0.25, 0.3) is 0 Å². The number of hydrogen-bond donors (Lipinski definition) is 1. The van der Waals surface area contributed by atoms with Crippen LogP contribution in [0.3, 0.4) is 0 Å². The van der Waals surface area contributed by atoms with Crippen LogP contribution in [0.4, 0.5) is 0 Å². The van der Waals surface area contributed by atoms with E-state index in [0.29, 0.717) is 0 Å². The lowest BCUT2D eigenvalue weighted by Crippen LogP contribution is -2.19. The van der Waals surface area contributed by atoms with Gasteiger partial charge in [0, 0.05) is 11.8 Å². The highest BCUT2D eigenvalue weighted by atomic mass is 32.1. The number of para-hydroxylation sites is 1. The number of rotatable bonds is 7. The van der Waals surface area contributed by atoms with E-state index in [1.54, 1.807) is 24.7 Å². The summed E-state index contributed by atoms with van der Waals surface area (Å²) in [7, 11) is 1.61. The molecule has 0 fully saturated rings. The Labute approximate surface area is 178 Å². The Hall–Kier alpha value is -3.71. The van der Waals surface area contributed by atoms with E-state index in [9.17, 15) is 4.79 Å². The maximum absolute atomic E-state index is 12.2. The zero-order valence-corrected chi connectivity index (χ0v) is 17.2. The molecule has 0 unspecified atom stereocenters. The molecule has 0 saturated heterocycles. The van der Waals surface area contributed by atoms with Crippen molar-refractivity contribution < 1.29 is 9.53 Å². The Morgan fingerprint density at radius 1 is 1.13 bits per heavy atom. The second-order valence-electron chi connectivity index (χ2n) is 6.51. The molecular weight excluding hydrogens is 396 g/mol. The van der Waals surface area contributed by atoms with Gasteiger partial charge < -0.3 is 4.74 Å². The molecule has 1 N–H and O–H groups in total. The molecule has 0 bridgehead atoms. The van der Waals surface area contributed by atoms with Crippen LogP contribution in [0.25, 0.3) is 16.3 Å². The number of hydrazone groups is 1. The number of aromatic nitrogens is 2. The SMILES string of the molecule is COc1ccc(CC(=O)N/N=C/c2cn(-c3ccccc3)nc2-c2cccs2)cc1. The third-order valence-corrected chi connectivity index (χ3v) is 5.31. The molecule has 2 heterocycles. The van der Waals surface area contributed by atoms with E-state index in [2.05, 4.69) is 10.5 Å². The molecule has 2 aromatic heterocycles. The first-order valence-electron chi connectivity index (χ1n) is 9.37. The number of amides is 1. The predicted molar refractivity (Wildman–Crippen MR) is 119 cm³/mol. The summed E-state index contributed by atoms with van der Waals surface area (Å²) in [6.07, 6.45) is 3.78. The molecule has 1 amide bonds. The van der Waals surface area contributed by atoms with Crippen LogP contribution in [0.2, 0.25) is 0 Å². The molecule has 0 spiro atoms. The van der Waals surface area contributed by atoms with Crippen molar-refractivity contribution in [3.05, 3.63) is 89.4 Å². The summed E-state index contributed by atoms with van der Waals surface area (Å²) in [5, 5.41) is 10.9. The van der Waals surface area contributed by atoms with Crippen molar-refractivity contribution >= 4 is 23.5 Å². The molecule has 0 aliphatic rings. The monoisotopic (exact) mass is 416 g/mol. The minimum Gasteiger partial charge on any atom is -0.497 e. The first kappa shape index (κ1) is 19.6. The summed E-state index contributed by atoms with van der Waals surface area (Å²) in [6.45, 7) is 0. The highest BCUT2D eigenvalue weighted by Gasteiger charge is 2.12. The minimum atomic E-state index is -0.190. The van der Waals surface area contributed by atoms with Crippen LogP contribution in [-0.2, 0) is 11.2 Å². The maximum Gasteiger partial charge on any atom is 0.244 e. The van der Waals surface area contributed by atoms with Crippen LogP contribution in [0.1, 0.15) is 11.1 Å². The lowest BCUT2D eigenvalue weighted by molar-refractivity contribution is -0.120. The number of hydrogen-bond acceptors (Lipinski definition) is 5. The number of carbonyl (C=O) groups excluding carboxylic acids is 1. The highest BCUT2D eigenvalue weighted by molar-refractivity contribution is 7.13. The summed E-state index contributed by atoms with van der Waals surface area (Å²) < 4.78 is 6.95. The van der Waals surface area contributed by atoms with Gasteiger partial charge >= 0.3 is 0 Å². The number of methoxy groups -OCH3 is 1. The smallest absolute Gasteiger partial charge is 0.244 e. The van der Waals surface area contributed by atoms with Crippen molar-refractivity contribution in [2.24, 2.45) is 5.10 Å². The fourth-order valence-corrected chi connectivity index (χ4v) is 3.67. The largest absolute Gasteiger partial charge is 0.497 e. The van der Waals surface area contributed by atoms with E-state index in [4.69, 9.17) is 9.84 Å². The topological polar surface area (TPSA) is 68.5 Å². The molecule has 150 valence electrons. The molecule has 0 aliphatic carbocycles. The van der Waals surface area contributed by atoms with Crippen LogP contribution >= 0.6 is 11.3 Å². The fraction of sp³-hybridized carbons (Fsp3) is 0.0870. The van der Waals surface area contributed by atoms with Gasteiger partial charge in [-0.2, -0.15) is 10.2 Å². The third kappa shape index (κ3) is 4.64. The van der Waals surface area contributed by atoms with Crippen molar-refractivity contribution in [2.45, 2.75) is 6.42 Å². The van der Waals surface area contributed by atoms with E-state index in [1.807, 2.05) is 83.0 Å². The van der Waals surface area contributed by atoms with Crippen molar-refractivity contribution in [3.63, 3.8) is 0 Å². The third-order valence-electron chi connectivity index (χ3n) is 4.43. The summed E-state index contributed by atoms with van der Waals surface area (Å²) >= 11 is 1.61. The minimum absolute atomic E-state index is 0.190. The van der Waals surface area contributed by atoms with E-state index >= 15 is 0 Å². The number of ether oxygens (including phenoxy) is 1. The average Bonchev–Trinajstić information content (AvgIpc) is 3.45. The van der Waals surface area contributed by atoms with Gasteiger partial charge in [0.1, 0.15) is 11.4 Å². The van der Waals surface area contributed by atoms with Crippen molar-refractivity contribution in [2.75, 3.05) is 7.11 Å². The Morgan fingerprint density at radius 3 is 2.63 bits per heavy atom. The molecule has 2 aromatic carbocycles. The maximum atomic E-state index is 12.2. The molecule has 6 nitrogen and oxygen atoms in total. The average molecular weight is 417 g/mol. The standard InChI is InChI=1S/C23H20N4O2S/c1-29-20-11-9-17(10-12-20)14-22(28)25-24-15-18-16-27(19-6-3-2-4-7-19)26-23(18)21-8-5-13-30-21/h2-13,15-16H,14H2,1H3,(H,25,28)/b24-15+. The van der Waals surface area contributed by atoms with Gasteiger partial charge in [-0.3, -0.25) is 4.79 Å². The Balaban J connectivity index is 1.49. The van der Waals surface area contributed by atoms with E-state index in [-0.39, 0.29) is 12.3 Å². The van der Waals surface area contributed by atoms with Crippen LogP contribution < -0.4 is 10.2 Å². The number of benzene rings is 2. The second kappa shape index (κ2) is 9.19. The Bertz CT molecular complexity index is 1130. The molecule has 0 aliphatic heterocycles. The summed E-state index contributed by atoms with van der Waals surface area (Å²) in [5.74, 6) is 0.568. The Kier molecular flexibility index (Phi) is 6.01. The van der Waals surface area contributed by atoms with Crippen LogP contribution in [0.15, 0.2) is 83.4 Å². The van der Waals surface area contributed by atoms with Crippen molar-refractivity contribution in [1.82, 2.24) is 15.2 Å². The molecule has 4 aromatic rings.